The third-order valence-corrected chi connectivity index (χ3v) is 3.23. The van der Waals surface area contributed by atoms with Gasteiger partial charge < -0.3 is 5.32 Å². The van der Waals surface area contributed by atoms with E-state index in [1.807, 2.05) is 24.3 Å². The van der Waals surface area contributed by atoms with Crippen LogP contribution in [-0.4, -0.2) is 12.6 Å². The Morgan fingerprint density at radius 2 is 1.84 bits per heavy atom. The van der Waals surface area contributed by atoms with Gasteiger partial charge in [0.05, 0.1) is 0 Å². The first-order valence-electron chi connectivity index (χ1n) is 6.16. The first-order valence-corrected chi connectivity index (χ1v) is 6.16. The number of hydrogen-bond acceptors (Lipinski definition) is 1. The van der Waals surface area contributed by atoms with Gasteiger partial charge in [0.2, 0.25) is 0 Å². The van der Waals surface area contributed by atoms with Crippen molar-refractivity contribution >= 4 is 17.4 Å². The Kier molecular flexibility index (Phi) is 2.91. The van der Waals surface area contributed by atoms with Crippen LogP contribution in [0.3, 0.4) is 0 Å². The van der Waals surface area contributed by atoms with Crippen molar-refractivity contribution in [2.75, 3.05) is 16.8 Å². The Bertz CT molecular complexity index is 610. The van der Waals surface area contributed by atoms with E-state index in [9.17, 15) is 9.18 Å². The summed E-state index contributed by atoms with van der Waals surface area (Å²) in [5, 5.41) is 2.77. The van der Waals surface area contributed by atoms with E-state index >= 15 is 0 Å². The molecule has 0 aromatic heterocycles. The normalized spacial score (nSPS) is 13.2. The molecule has 0 unspecified atom stereocenters. The number of urea groups is 1. The monoisotopic (exact) mass is 256 g/mol. The number of nitrogens with zero attached hydrogens (tertiary/aromatic N) is 1. The SMILES string of the molecule is O=C(Nc1ccc(F)cc1)N1CCc2ccccc21. The number of fused-ring (bicyclic) bond motifs is 1. The number of carbonyl (C=O) groups excluding carboxylic acids is 1. The van der Waals surface area contributed by atoms with Gasteiger partial charge in [-0.2, -0.15) is 0 Å². The number of nitrogens with one attached hydrogen (secondary N) is 1. The van der Waals surface area contributed by atoms with E-state index < -0.39 is 0 Å². The molecule has 0 aliphatic carbocycles. The van der Waals surface area contributed by atoms with Crippen molar-refractivity contribution in [3.8, 4) is 0 Å². The minimum atomic E-state index is -0.315. The molecule has 0 spiro atoms. The van der Waals surface area contributed by atoms with Gasteiger partial charge in [0.25, 0.3) is 0 Å². The molecule has 0 saturated heterocycles. The average Bonchev–Trinajstić information content (AvgIpc) is 2.85. The van der Waals surface area contributed by atoms with Crippen molar-refractivity contribution in [3.63, 3.8) is 0 Å². The molecule has 0 radical (unpaired) electrons. The summed E-state index contributed by atoms with van der Waals surface area (Å²) in [5.74, 6) is -0.315. The summed E-state index contributed by atoms with van der Waals surface area (Å²) in [5.41, 5.74) is 2.72. The van der Waals surface area contributed by atoms with E-state index in [1.54, 1.807) is 17.0 Å². The van der Waals surface area contributed by atoms with Gasteiger partial charge >= 0.3 is 6.03 Å². The standard InChI is InChI=1S/C15H13FN2O/c16-12-5-7-13(8-6-12)17-15(19)18-10-9-11-3-1-2-4-14(11)18/h1-8H,9-10H2,(H,17,19). The zero-order valence-corrected chi connectivity index (χ0v) is 10.3. The molecule has 2 aromatic carbocycles. The Morgan fingerprint density at radius 1 is 1.11 bits per heavy atom. The van der Waals surface area contributed by atoms with Gasteiger partial charge in [0, 0.05) is 17.9 Å². The lowest BCUT2D eigenvalue weighted by molar-refractivity contribution is 0.257. The zero-order valence-electron chi connectivity index (χ0n) is 10.3. The van der Waals surface area contributed by atoms with Crippen LogP contribution in [0.4, 0.5) is 20.6 Å². The molecule has 0 saturated carbocycles. The maximum Gasteiger partial charge on any atom is 0.326 e. The third-order valence-electron chi connectivity index (χ3n) is 3.23. The zero-order chi connectivity index (χ0) is 13.2. The molecule has 1 heterocycles. The highest BCUT2D eigenvalue weighted by Gasteiger charge is 2.23. The second-order valence-electron chi connectivity index (χ2n) is 4.47. The molecule has 3 nitrogen and oxygen atoms in total. The maximum absolute atomic E-state index is 12.8. The van der Waals surface area contributed by atoms with Crippen LogP contribution in [0, 0.1) is 5.82 Å². The third kappa shape index (κ3) is 2.29. The fourth-order valence-corrected chi connectivity index (χ4v) is 2.27. The lowest BCUT2D eigenvalue weighted by Crippen LogP contribution is -2.33. The van der Waals surface area contributed by atoms with Crippen molar-refractivity contribution in [1.29, 1.82) is 0 Å². The lowest BCUT2D eigenvalue weighted by atomic mass is 10.2. The topological polar surface area (TPSA) is 32.3 Å². The second-order valence-corrected chi connectivity index (χ2v) is 4.47. The number of hydrogen-bond donors (Lipinski definition) is 1. The fraction of sp³-hybridized carbons (Fsp3) is 0.133. The van der Waals surface area contributed by atoms with Crippen molar-refractivity contribution in [3.05, 3.63) is 59.9 Å². The largest absolute Gasteiger partial charge is 0.326 e. The molecule has 1 aliphatic heterocycles. The quantitative estimate of drug-likeness (QED) is 0.833. The molecule has 1 N–H and O–H groups in total. The van der Waals surface area contributed by atoms with Crippen LogP contribution in [0.1, 0.15) is 5.56 Å². The lowest BCUT2D eigenvalue weighted by Gasteiger charge is -2.18. The number of para-hydroxylation sites is 1. The Morgan fingerprint density at radius 3 is 2.63 bits per heavy atom. The van der Waals surface area contributed by atoms with E-state index in [-0.39, 0.29) is 11.8 Å². The highest BCUT2D eigenvalue weighted by Crippen LogP contribution is 2.27. The van der Waals surface area contributed by atoms with E-state index in [0.29, 0.717) is 12.2 Å². The minimum Gasteiger partial charge on any atom is -0.308 e. The molecule has 2 aromatic rings. The Hall–Kier alpha value is -2.36. The van der Waals surface area contributed by atoms with Gasteiger partial charge in [-0.1, -0.05) is 18.2 Å². The summed E-state index contributed by atoms with van der Waals surface area (Å²) in [6.07, 6.45) is 0.868. The summed E-state index contributed by atoms with van der Waals surface area (Å²) in [7, 11) is 0. The summed E-state index contributed by atoms with van der Waals surface area (Å²) in [6, 6.07) is 13.4. The van der Waals surface area contributed by atoms with E-state index in [4.69, 9.17) is 0 Å². The van der Waals surface area contributed by atoms with Crippen molar-refractivity contribution in [2.45, 2.75) is 6.42 Å². The number of rotatable bonds is 1. The first-order chi connectivity index (χ1) is 9.24. The van der Waals surface area contributed by atoms with E-state index in [2.05, 4.69) is 5.32 Å². The summed E-state index contributed by atoms with van der Waals surface area (Å²) < 4.78 is 12.8. The van der Waals surface area contributed by atoms with Crippen LogP contribution in [0.15, 0.2) is 48.5 Å². The summed E-state index contributed by atoms with van der Waals surface area (Å²) in [6.45, 7) is 0.673. The molecular weight excluding hydrogens is 243 g/mol. The molecule has 0 atom stereocenters. The predicted molar refractivity (Wildman–Crippen MR) is 72.9 cm³/mol. The van der Waals surface area contributed by atoms with Crippen molar-refractivity contribution in [1.82, 2.24) is 0 Å². The molecule has 96 valence electrons. The van der Waals surface area contributed by atoms with E-state index in [0.717, 1.165) is 12.1 Å². The fourth-order valence-electron chi connectivity index (χ4n) is 2.27. The molecule has 4 heteroatoms. The van der Waals surface area contributed by atoms with Crippen LogP contribution in [0.5, 0.6) is 0 Å². The van der Waals surface area contributed by atoms with Crippen LogP contribution >= 0.6 is 0 Å². The predicted octanol–water partition coefficient (Wildman–Crippen LogP) is 3.42. The number of carbonyl (C=O) groups is 1. The Balaban J connectivity index is 1.77. The first kappa shape index (κ1) is 11.7. The van der Waals surface area contributed by atoms with Gasteiger partial charge in [0.15, 0.2) is 0 Å². The molecule has 19 heavy (non-hydrogen) atoms. The smallest absolute Gasteiger partial charge is 0.308 e. The number of amides is 2. The van der Waals surface area contributed by atoms with Crippen LogP contribution in [-0.2, 0) is 6.42 Å². The van der Waals surface area contributed by atoms with Gasteiger partial charge in [0.1, 0.15) is 5.82 Å². The average molecular weight is 256 g/mol. The van der Waals surface area contributed by atoms with Gasteiger partial charge in [-0.05, 0) is 42.3 Å². The van der Waals surface area contributed by atoms with Crippen molar-refractivity contribution < 1.29 is 9.18 Å². The highest BCUT2D eigenvalue weighted by atomic mass is 19.1. The molecular formula is C15H13FN2O. The highest BCUT2D eigenvalue weighted by molar-refractivity contribution is 6.03. The minimum absolute atomic E-state index is 0.184. The molecule has 1 aliphatic rings. The summed E-state index contributed by atoms with van der Waals surface area (Å²) >= 11 is 0. The van der Waals surface area contributed by atoms with Gasteiger partial charge in [-0.3, -0.25) is 4.90 Å². The van der Waals surface area contributed by atoms with Gasteiger partial charge in [-0.25, -0.2) is 9.18 Å². The van der Waals surface area contributed by atoms with Crippen molar-refractivity contribution in [2.24, 2.45) is 0 Å². The van der Waals surface area contributed by atoms with Crippen LogP contribution in [0.2, 0.25) is 0 Å². The molecule has 2 amide bonds. The maximum atomic E-state index is 12.8. The van der Waals surface area contributed by atoms with Crippen LogP contribution < -0.4 is 10.2 Å². The number of anilines is 2. The van der Waals surface area contributed by atoms with Crippen LogP contribution in [0.25, 0.3) is 0 Å². The van der Waals surface area contributed by atoms with Gasteiger partial charge in [-0.15, -0.1) is 0 Å². The summed E-state index contributed by atoms with van der Waals surface area (Å²) in [4.78, 5) is 13.9. The molecule has 3 rings (SSSR count). The number of benzene rings is 2. The number of halogens is 1. The Labute approximate surface area is 110 Å². The molecule has 0 bridgehead atoms. The second kappa shape index (κ2) is 4.72. The molecule has 0 fully saturated rings. The van der Waals surface area contributed by atoms with E-state index in [1.165, 1.54) is 17.7 Å².